The van der Waals surface area contributed by atoms with E-state index in [1.807, 2.05) is 4.90 Å². The topological polar surface area (TPSA) is 62.6 Å². The van der Waals surface area contributed by atoms with E-state index in [2.05, 4.69) is 21.2 Å². The number of likely N-dealkylation sites (tertiary alicyclic amines) is 1. The molecule has 1 saturated heterocycles. The minimum atomic E-state index is -0.355. The highest BCUT2D eigenvalue weighted by molar-refractivity contribution is 9.10. The molecule has 1 N–H and O–H groups in total. The molecule has 5 nitrogen and oxygen atoms in total. The Morgan fingerprint density at radius 2 is 2.00 bits per heavy atom. The molecule has 0 bridgehead atoms. The highest BCUT2D eigenvalue weighted by Crippen LogP contribution is 2.35. The first-order valence-corrected chi connectivity index (χ1v) is 8.74. The van der Waals surface area contributed by atoms with Gasteiger partial charge in [0.05, 0.1) is 6.54 Å². The molecule has 2 fully saturated rings. The molecule has 0 spiro atoms. The number of rotatable bonds is 3. The fourth-order valence-electron chi connectivity index (χ4n) is 3.62. The van der Waals surface area contributed by atoms with Crippen molar-refractivity contribution in [2.75, 3.05) is 19.6 Å². The Morgan fingerprint density at radius 1 is 1.23 bits per heavy atom. The van der Waals surface area contributed by atoms with Crippen LogP contribution in [0.3, 0.4) is 0 Å². The summed E-state index contributed by atoms with van der Waals surface area (Å²) in [5.41, 5.74) is 0. The average molecular weight is 369 g/mol. The number of halogens is 1. The first kappa shape index (κ1) is 15.6. The van der Waals surface area contributed by atoms with Gasteiger partial charge >= 0.3 is 0 Å². The third kappa shape index (κ3) is 3.54. The standard InChI is InChI=1S/C16H21BrN2O3/c17-14-6-5-13(22-14)16(21)18-9-15(20)19-8-7-11-3-1-2-4-12(11)10-19/h5-6,11-12H,1-4,7-10H2,(H,18,21)/t11-,12+/m0/s1. The van der Waals surface area contributed by atoms with E-state index >= 15 is 0 Å². The van der Waals surface area contributed by atoms with Crippen molar-refractivity contribution in [3.8, 4) is 0 Å². The lowest BCUT2D eigenvalue weighted by Crippen LogP contribution is -2.48. The van der Waals surface area contributed by atoms with Crippen LogP contribution in [-0.2, 0) is 4.79 Å². The van der Waals surface area contributed by atoms with Gasteiger partial charge in [0.15, 0.2) is 10.4 Å². The second kappa shape index (κ2) is 6.86. The number of carbonyl (C=O) groups excluding carboxylic acids is 2. The first-order chi connectivity index (χ1) is 10.6. The molecule has 2 atom stereocenters. The quantitative estimate of drug-likeness (QED) is 0.891. The lowest BCUT2D eigenvalue weighted by atomic mass is 9.75. The van der Waals surface area contributed by atoms with E-state index < -0.39 is 0 Å². The monoisotopic (exact) mass is 368 g/mol. The van der Waals surface area contributed by atoms with Crippen LogP contribution in [-0.4, -0.2) is 36.3 Å². The van der Waals surface area contributed by atoms with Gasteiger partial charge in [-0.1, -0.05) is 19.3 Å². The molecule has 22 heavy (non-hydrogen) atoms. The van der Waals surface area contributed by atoms with Crippen LogP contribution in [0, 0.1) is 11.8 Å². The number of carbonyl (C=O) groups is 2. The van der Waals surface area contributed by atoms with Gasteiger partial charge < -0.3 is 14.6 Å². The number of nitrogens with zero attached hydrogens (tertiary/aromatic N) is 1. The number of fused-ring (bicyclic) bond motifs is 1. The predicted octanol–water partition coefficient (Wildman–Crippen LogP) is 2.81. The third-order valence-electron chi connectivity index (χ3n) is 4.84. The summed E-state index contributed by atoms with van der Waals surface area (Å²) < 4.78 is 5.68. The fourth-order valence-corrected chi connectivity index (χ4v) is 3.93. The van der Waals surface area contributed by atoms with Crippen molar-refractivity contribution in [3.63, 3.8) is 0 Å². The van der Waals surface area contributed by atoms with Crippen LogP contribution >= 0.6 is 15.9 Å². The van der Waals surface area contributed by atoms with Crippen molar-refractivity contribution in [2.24, 2.45) is 11.8 Å². The van der Waals surface area contributed by atoms with Crippen LogP contribution in [0.25, 0.3) is 0 Å². The normalized spacial score (nSPS) is 24.7. The van der Waals surface area contributed by atoms with E-state index in [4.69, 9.17) is 4.42 Å². The molecule has 2 aliphatic rings. The molecular weight excluding hydrogens is 348 g/mol. The maximum absolute atomic E-state index is 12.3. The van der Waals surface area contributed by atoms with Crippen molar-refractivity contribution in [1.82, 2.24) is 10.2 Å². The molecule has 2 amide bonds. The van der Waals surface area contributed by atoms with Crippen molar-refractivity contribution in [3.05, 3.63) is 22.6 Å². The largest absolute Gasteiger partial charge is 0.444 e. The zero-order chi connectivity index (χ0) is 15.5. The molecule has 0 aromatic carbocycles. The summed E-state index contributed by atoms with van der Waals surface area (Å²) in [5, 5.41) is 2.64. The van der Waals surface area contributed by atoms with Gasteiger partial charge in [-0.15, -0.1) is 0 Å². The number of piperidine rings is 1. The van der Waals surface area contributed by atoms with Gasteiger partial charge in [-0.05, 0) is 52.7 Å². The van der Waals surface area contributed by atoms with Crippen molar-refractivity contribution < 1.29 is 14.0 Å². The Kier molecular flexibility index (Phi) is 4.86. The van der Waals surface area contributed by atoms with Crippen LogP contribution in [0.15, 0.2) is 21.2 Å². The molecule has 3 rings (SSSR count). The van der Waals surface area contributed by atoms with Crippen LogP contribution in [0.1, 0.15) is 42.7 Å². The van der Waals surface area contributed by atoms with Gasteiger partial charge in [0, 0.05) is 13.1 Å². The van der Waals surface area contributed by atoms with Crippen molar-refractivity contribution in [1.29, 1.82) is 0 Å². The molecule has 1 aromatic heterocycles. The summed E-state index contributed by atoms with van der Waals surface area (Å²) in [5.74, 6) is 1.32. The fraction of sp³-hybridized carbons (Fsp3) is 0.625. The number of furan rings is 1. The zero-order valence-electron chi connectivity index (χ0n) is 12.5. The first-order valence-electron chi connectivity index (χ1n) is 7.95. The Bertz CT molecular complexity index is 557. The van der Waals surface area contributed by atoms with E-state index in [1.54, 1.807) is 12.1 Å². The number of hydrogen-bond acceptors (Lipinski definition) is 3. The van der Waals surface area contributed by atoms with Crippen LogP contribution in [0.4, 0.5) is 0 Å². The van der Waals surface area contributed by atoms with Crippen molar-refractivity contribution in [2.45, 2.75) is 32.1 Å². The minimum Gasteiger partial charge on any atom is -0.444 e. The molecule has 1 aliphatic carbocycles. The van der Waals surface area contributed by atoms with Crippen LogP contribution < -0.4 is 5.32 Å². The molecule has 6 heteroatoms. The Balaban J connectivity index is 1.48. The maximum Gasteiger partial charge on any atom is 0.287 e. The molecule has 1 aromatic rings. The van der Waals surface area contributed by atoms with Gasteiger partial charge in [-0.3, -0.25) is 9.59 Å². The summed E-state index contributed by atoms with van der Waals surface area (Å²) in [6, 6.07) is 3.24. The van der Waals surface area contributed by atoms with E-state index in [9.17, 15) is 9.59 Å². The molecule has 0 unspecified atom stereocenters. The second-order valence-corrected chi connectivity index (χ2v) is 7.00. The lowest BCUT2D eigenvalue weighted by Gasteiger charge is -2.41. The second-order valence-electron chi connectivity index (χ2n) is 6.22. The van der Waals surface area contributed by atoms with E-state index in [0.29, 0.717) is 10.6 Å². The number of hydrogen-bond donors (Lipinski definition) is 1. The highest BCUT2D eigenvalue weighted by atomic mass is 79.9. The average Bonchev–Trinajstić information content (AvgIpc) is 2.98. The Morgan fingerprint density at radius 3 is 2.73 bits per heavy atom. The molecule has 120 valence electrons. The zero-order valence-corrected chi connectivity index (χ0v) is 14.1. The van der Waals surface area contributed by atoms with Crippen LogP contribution in [0.5, 0.6) is 0 Å². The van der Waals surface area contributed by atoms with E-state index in [0.717, 1.165) is 25.4 Å². The minimum absolute atomic E-state index is 0.00277. The van der Waals surface area contributed by atoms with Crippen LogP contribution in [0.2, 0.25) is 0 Å². The van der Waals surface area contributed by atoms with Gasteiger partial charge in [0.25, 0.3) is 5.91 Å². The predicted molar refractivity (Wildman–Crippen MR) is 85.4 cm³/mol. The van der Waals surface area contributed by atoms with E-state index in [1.165, 1.54) is 25.7 Å². The molecule has 1 saturated carbocycles. The lowest BCUT2D eigenvalue weighted by molar-refractivity contribution is -0.133. The van der Waals surface area contributed by atoms with Gasteiger partial charge in [0.1, 0.15) is 0 Å². The summed E-state index contributed by atoms with van der Waals surface area (Å²) in [6.45, 7) is 1.71. The number of amides is 2. The third-order valence-corrected chi connectivity index (χ3v) is 5.27. The summed E-state index contributed by atoms with van der Waals surface area (Å²) in [6.07, 6.45) is 6.28. The molecule has 0 radical (unpaired) electrons. The van der Waals surface area contributed by atoms with Crippen molar-refractivity contribution >= 4 is 27.7 Å². The highest BCUT2D eigenvalue weighted by Gasteiger charge is 2.32. The molecular formula is C16H21BrN2O3. The molecule has 2 heterocycles. The molecule has 1 aliphatic heterocycles. The van der Waals surface area contributed by atoms with Gasteiger partial charge in [0.2, 0.25) is 5.91 Å². The summed E-state index contributed by atoms with van der Waals surface area (Å²) in [4.78, 5) is 26.1. The van der Waals surface area contributed by atoms with Gasteiger partial charge in [-0.25, -0.2) is 0 Å². The Labute approximate surface area is 138 Å². The number of nitrogens with one attached hydrogen (secondary N) is 1. The SMILES string of the molecule is O=C(NCC(=O)N1CC[C@@H]2CCCC[C@@H]2C1)c1ccc(Br)o1. The van der Waals surface area contributed by atoms with E-state index in [-0.39, 0.29) is 24.1 Å². The maximum atomic E-state index is 12.3. The smallest absolute Gasteiger partial charge is 0.287 e. The van der Waals surface area contributed by atoms with Gasteiger partial charge in [-0.2, -0.15) is 0 Å². The summed E-state index contributed by atoms with van der Waals surface area (Å²) in [7, 11) is 0. The summed E-state index contributed by atoms with van der Waals surface area (Å²) >= 11 is 3.15. The Hall–Kier alpha value is -1.30.